The molecule has 2 aromatic carbocycles. The summed E-state index contributed by atoms with van der Waals surface area (Å²) in [7, 11) is 0. The van der Waals surface area contributed by atoms with Gasteiger partial charge in [-0.2, -0.15) is 0 Å². The maximum atomic E-state index is 13.3. The third-order valence-corrected chi connectivity index (χ3v) is 6.95. The van der Waals surface area contributed by atoms with E-state index in [1.807, 2.05) is 56.3 Å². The van der Waals surface area contributed by atoms with E-state index in [-0.39, 0.29) is 23.6 Å². The predicted octanol–water partition coefficient (Wildman–Crippen LogP) is 5.61. The Kier molecular flexibility index (Phi) is 8.85. The molecule has 2 amide bonds. The quantitative estimate of drug-likeness (QED) is 0.497. The van der Waals surface area contributed by atoms with Gasteiger partial charge in [-0.3, -0.25) is 9.59 Å². The number of rotatable bonds is 9. The summed E-state index contributed by atoms with van der Waals surface area (Å²) < 4.78 is 0. The minimum Gasteiger partial charge on any atom is -0.352 e. The zero-order valence-corrected chi connectivity index (χ0v) is 19.8. The highest BCUT2D eigenvalue weighted by Gasteiger charge is 2.30. The standard InChI is InChI=1S/C25H31ClN2O2S/c1-3-23(25(30)27-21-9-4-5-10-21)28(16-19-8-6-7-18(2)15-19)24(29)17-31-22-13-11-20(26)12-14-22/h6-8,11-15,21,23H,3-5,9-10,16-17H2,1-2H3,(H,27,30)/t23-/m0/s1. The van der Waals surface area contributed by atoms with Crippen molar-refractivity contribution in [1.82, 2.24) is 10.2 Å². The van der Waals surface area contributed by atoms with Gasteiger partial charge < -0.3 is 10.2 Å². The van der Waals surface area contributed by atoms with Crippen LogP contribution in [-0.4, -0.2) is 34.6 Å². The average molecular weight is 459 g/mol. The Morgan fingerprint density at radius 2 is 1.87 bits per heavy atom. The van der Waals surface area contributed by atoms with E-state index in [1.165, 1.54) is 11.8 Å². The topological polar surface area (TPSA) is 49.4 Å². The van der Waals surface area contributed by atoms with Gasteiger partial charge in [-0.15, -0.1) is 11.8 Å². The van der Waals surface area contributed by atoms with Gasteiger partial charge in [-0.1, -0.05) is 61.2 Å². The number of hydrogen-bond donors (Lipinski definition) is 1. The molecule has 1 saturated carbocycles. The Hall–Kier alpha value is -1.98. The molecule has 4 nitrogen and oxygen atoms in total. The number of carbonyl (C=O) groups excluding carboxylic acids is 2. The lowest BCUT2D eigenvalue weighted by Crippen LogP contribution is -2.51. The van der Waals surface area contributed by atoms with Crippen molar-refractivity contribution in [3.05, 3.63) is 64.7 Å². The normalized spacial score (nSPS) is 14.9. The highest BCUT2D eigenvalue weighted by atomic mass is 35.5. The summed E-state index contributed by atoms with van der Waals surface area (Å²) in [6.45, 7) is 4.44. The van der Waals surface area contributed by atoms with Crippen LogP contribution < -0.4 is 5.32 Å². The number of nitrogens with one attached hydrogen (secondary N) is 1. The van der Waals surface area contributed by atoms with Crippen LogP contribution in [0.5, 0.6) is 0 Å². The van der Waals surface area contributed by atoms with E-state index >= 15 is 0 Å². The van der Waals surface area contributed by atoms with E-state index in [9.17, 15) is 9.59 Å². The zero-order valence-electron chi connectivity index (χ0n) is 18.3. The van der Waals surface area contributed by atoms with Gasteiger partial charge in [0.2, 0.25) is 11.8 Å². The smallest absolute Gasteiger partial charge is 0.243 e. The molecule has 0 bridgehead atoms. The molecule has 1 atom stereocenters. The number of thioether (sulfide) groups is 1. The minimum atomic E-state index is -0.473. The molecule has 2 aromatic rings. The molecular weight excluding hydrogens is 428 g/mol. The van der Waals surface area contributed by atoms with Crippen LogP contribution in [0.2, 0.25) is 5.02 Å². The number of aryl methyl sites for hydroxylation is 1. The Bertz CT molecular complexity index is 881. The third-order valence-electron chi connectivity index (χ3n) is 5.70. The van der Waals surface area contributed by atoms with Gasteiger partial charge in [-0.05, 0) is 56.0 Å². The first-order valence-corrected chi connectivity index (χ1v) is 12.4. The molecule has 0 heterocycles. The fraction of sp³-hybridized carbons (Fsp3) is 0.440. The minimum absolute atomic E-state index is 0.0325. The highest BCUT2D eigenvalue weighted by Crippen LogP contribution is 2.23. The summed E-state index contributed by atoms with van der Waals surface area (Å²) in [5.74, 6) is 0.211. The van der Waals surface area contributed by atoms with E-state index in [2.05, 4.69) is 11.4 Å². The van der Waals surface area contributed by atoms with Gasteiger partial charge in [0.25, 0.3) is 0 Å². The van der Waals surface area contributed by atoms with E-state index < -0.39 is 6.04 Å². The lowest BCUT2D eigenvalue weighted by atomic mass is 10.1. The van der Waals surface area contributed by atoms with Crippen molar-refractivity contribution < 1.29 is 9.59 Å². The van der Waals surface area contributed by atoms with E-state index in [4.69, 9.17) is 11.6 Å². The lowest BCUT2D eigenvalue weighted by molar-refractivity contribution is -0.139. The number of halogens is 1. The molecule has 31 heavy (non-hydrogen) atoms. The fourth-order valence-electron chi connectivity index (χ4n) is 4.05. The van der Waals surface area contributed by atoms with Crippen molar-refractivity contribution >= 4 is 35.2 Å². The molecule has 0 radical (unpaired) electrons. The van der Waals surface area contributed by atoms with Crippen LogP contribution in [0.3, 0.4) is 0 Å². The summed E-state index contributed by atoms with van der Waals surface area (Å²) in [6, 6.07) is 15.4. The Labute approximate surface area is 194 Å². The van der Waals surface area contributed by atoms with Crippen LogP contribution in [0.25, 0.3) is 0 Å². The van der Waals surface area contributed by atoms with Crippen molar-refractivity contribution in [2.75, 3.05) is 5.75 Å². The SMILES string of the molecule is CC[C@@H](C(=O)NC1CCCC1)N(Cc1cccc(C)c1)C(=O)CSc1ccc(Cl)cc1. The van der Waals surface area contributed by atoms with Crippen molar-refractivity contribution in [1.29, 1.82) is 0 Å². The van der Waals surface area contributed by atoms with Gasteiger partial charge in [0.15, 0.2) is 0 Å². The molecule has 1 aliphatic carbocycles. The third kappa shape index (κ3) is 7.01. The second-order valence-electron chi connectivity index (χ2n) is 8.17. The highest BCUT2D eigenvalue weighted by molar-refractivity contribution is 8.00. The van der Waals surface area contributed by atoms with Crippen molar-refractivity contribution in [2.45, 2.75) is 69.5 Å². The first-order valence-electron chi connectivity index (χ1n) is 11.0. The molecule has 0 unspecified atom stereocenters. The Morgan fingerprint density at radius 3 is 2.52 bits per heavy atom. The van der Waals surface area contributed by atoms with E-state index in [1.54, 1.807) is 4.90 Å². The number of amides is 2. The Balaban J connectivity index is 1.75. The molecule has 0 aromatic heterocycles. The van der Waals surface area contributed by atoms with Crippen molar-refractivity contribution in [3.63, 3.8) is 0 Å². The van der Waals surface area contributed by atoms with Crippen molar-refractivity contribution in [2.24, 2.45) is 0 Å². The molecule has 1 fully saturated rings. The van der Waals surface area contributed by atoms with E-state index in [0.29, 0.717) is 18.0 Å². The molecule has 3 rings (SSSR count). The zero-order chi connectivity index (χ0) is 22.2. The maximum Gasteiger partial charge on any atom is 0.243 e. The summed E-state index contributed by atoms with van der Waals surface area (Å²) in [5, 5.41) is 3.86. The van der Waals surface area contributed by atoms with Gasteiger partial charge in [-0.25, -0.2) is 0 Å². The molecular formula is C25H31ClN2O2S. The second kappa shape index (κ2) is 11.6. The van der Waals surface area contributed by atoms with Gasteiger partial charge in [0, 0.05) is 22.5 Å². The van der Waals surface area contributed by atoms with Crippen LogP contribution in [0.15, 0.2) is 53.4 Å². The molecule has 0 spiro atoms. The second-order valence-corrected chi connectivity index (χ2v) is 9.65. The molecule has 166 valence electrons. The maximum absolute atomic E-state index is 13.3. The first-order chi connectivity index (χ1) is 15.0. The van der Waals surface area contributed by atoms with Gasteiger partial charge >= 0.3 is 0 Å². The molecule has 6 heteroatoms. The average Bonchev–Trinajstić information content (AvgIpc) is 3.26. The Morgan fingerprint density at radius 1 is 1.16 bits per heavy atom. The monoisotopic (exact) mass is 458 g/mol. The fourth-order valence-corrected chi connectivity index (χ4v) is 4.96. The van der Waals surface area contributed by atoms with Crippen LogP contribution in [0.1, 0.15) is 50.2 Å². The van der Waals surface area contributed by atoms with Gasteiger partial charge in [0.1, 0.15) is 6.04 Å². The van der Waals surface area contributed by atoms with Crippen LogP contribution in [0, 0.1) is 6.92 Å². The summed E-state index contributed by atoms with van der Waals surface area (Å²) in [6.07, 6.45) is 4.96. The summed E-state index contributed by atoms with van der Waals surface area (Å²) in [4.78, 5) is 29.2. The number of benzene rings is 2. The summed E-state index contributed by atoms with van der Waals surface area (Å²) in [5.41, 5.74) is 2.18. The van der Waals surface area contributed by atoms with Crippen LogP contribution >= 0.6 is 23.4 Å². The lowest BCUT2D eigenvalue weighted by Gasteiger charge is -2.31. The molecule has 0 aliphatic heterocycles. The molecule has 0 saturated heterocycles. The molecule has 1 aliphatic rings. The van der Waals surface area contributed by atoms with E-state index in [0.717, 1.165) is 41.7 Å². The predicted molar refractivity (Wildman–Crippen MR) is 128 cm³/mol. The number of carbonyl (C=O) groups is 2. The van der Waals surface area contributed by atoms with Crippen molar-refractivity contribution in [3.8, 4) is 0 Å². The van der Waals surface area contributed by atoms with Gasteiger partial charge in [0.05, 0.1) is 5.75 Å². The largest absolute Gasteiger partial charge is 0.352 e. The van der Waals surface area contributed by atoms with Crippen LogP contribution in [-0.2, 0) is 16.1 Å². The van der Waals surface area contributed by atoms with Crippen LogP contribution in [0.4, 0.5) is 0 Å². The summed E-state index contributed by atoms with van der Waals surface area (Å²) >= 11 is 7.43. The number of hydrogen-bond acceptors (Lipinski definition) is 3. The first kappa shape index (κ1) is 23.7. The number of nitrogens with zero attached hydrogens (tertiary/aromatic N) is 1. The molecule has 1 N–H and O–H groups in total.